The predicted molar refractivity (Wildman–Crippen MR) is 105 cm³/mol. The van der Waals surface area contributed by atoms with E-state index in [2.05, 4.69) is 4.99 Å². The van der Waals surface area contributed by atoms with Gasteiger partial charge in [0.15, 0.2) is 0 Å². The van der Waals surface area contributed by atoms with E-state index in [0.717, 1.165) is 17.0 Å². The maximum Gasteiger partial charge on any atom is 0.261 e. The zero-order chi connectivity index (χ0) is 19.7. The molecule has 2 aromatic carbocycles. The number of nitrogens with zero attached hydrogens (tertiary/aromatic N) is 2. The third-order valence-corrected chi connectivity index (χ3v) is 4.61. The lowest BCUT2D eigenvalue weighted by molar-refractivity contribution is 0.0663. The second kappa shape index (κ2) is 7.15. The van der Waals surface area contributed by atoms with E-state index < -0.39 is 0 Å². The van der Waals surface area contributed by atoms with Crippen molar-refractivity contribution in [3.63, 3.8) is 0 Å². The fourth-order valence-corrected chi connectivity index (χ4v) is 3.11. The van der Waals surface area contributed by atoms with Gasteiger partial charge in [-0.1, -0.05) is 6.07 Å². The topological polar surface area (TPSA) is 72.1 Å². The average molecular weight is 374 g/mol. The second-order valence-electron chi connectivity index (χ2n) is 6.27. The minimum Gasteiger partial charge on any atom is -0.497 e. The zero-order valence-electron chi connectivity index (χ0n) is 15.5. The number of rotatable bonds is 5. The molecule has 0 fully saturated rings. The molecule has 0 atom stereocenters. The molecule has 0 spiro atoms. The number of aliphatic imine (C=N–C) groups is 1. The lowest BCUT2D eigenvalue weighted by Gasteiger charge is -2.08. The van der Waals surface area contributed by atoms with Crippen molar-refractivity contribution >= 4 is 23.7 Å². The van der Waals surface area contributed by atoms with Crippen LogP contribution in [0, 0.1) is 0 Å². The van der Waals surface area contributed by atoms with Gasteiger partial charge in [0.2, 0.25) is 0 Å². The minimum atomic E-state index is -0.266. The molecule has 0 unspecified atom stereocenters. The number of imide groups is 1. The van der Waals surface area contributed by atoms with Gasteiger partial charge in [-0.25, -0.2) is 0 Å². The number of hydrogen-bond donors (Lipinski definition) is 0. The third kappa shape index (κ3) is 3.09. The Kier molecular flexibility index (Phi) is 4.53. The summed E-state index contributed by atoms with van der Waals surface area (Å²) in [6.45, 7) is 2.14. The first-order valence-electron chi connectivity index (χ1n) is 8.89. The van der Waals surface area contributed by atoms with Crippen molar-refractivity contribution in [1.82, 2.24) is 4.90 Å². The van der Waals surface area contributed by atoms with Crippen molar-refractivity contribution in [1.29, 1.82) is 0 Å². The van der Waals surface area contributed by atoms with Crippen molar-refractivity contribution in [2.45, 2.75) is 6.92 Å². The van der Waals surface area contributed by atoms with Crippen LogP contribution in [0.5, 0.6) is 5.75 Å². The molecule has 2 heterocycles. The van der Waals surface area contributed by atoms with Gasteiger partial charge in [-0.3, -0.25) is 19.5 Å². The molecular weight excluding hydrogens is 356 g/mol. The first-order valence-corrected chi connectivity index (χ1v) is 8.89. The minimum absolute atomic E-state index is 0.249. The smallest absolute Gasteiger partial charge is 0.261 e. The first kappa shape index (κ1) is 17.7. The number of ether oxygens (including phenoxy) is 1. The standard InChI is InChI=1S/C22H18N2O4/c1-3-24-21(25)18-10-4-14(12-19(18)22(24)26)20-11-9-17(28-20)13-23-15-5-7-16(27-2)8-6-15/h4-13H,3H2,1-2H3. The molecular formula is C22H18N2O4. The first-order chi connectivity index (χ1) is 13.6. The summed E-state index contributed by atoms with van der Waals surface area (Å²) in [5, 5.41) is 0. The van der Waals surface area contributed by atoms with E-state index in [0.29, 0.717) is 29.2 Å². The molecule has 3 aromatic rings. The van der Waals surface area contributed by atoms with E-state index in [1.165, 1.54) is 4.90 Å². The molecule has 0 saturated carbocycles. The highest BCUT2D eigenvalue weighted by atomic mass is 16.5. The lowest BCUT2D eigenvalue weighted by Crippen LogP contribution is -2.29. The number of hydrogen-bond acceptors (Lipinski definition) is 5. The number of carbonyl (C=O) groups is 2. The highest BCUT2D eigenvalue weighted by molar-refractivity contribution is 6.21. The van der Waals surface area contributed by atoms with Crippen LogP contribution in [0.4, 0.5) is 5.69 Å². The van der Waals surface area contributed by atoms with Crippen molar-refractivity contribution < 1.29 is 18.7 Å². The van der Waals surface area contributed by atoms with E-state index >= 15 is 0 Å². The van der Waals surface area contributed by atoms with Crippen molar-refractivity contribution in [3.8, 4) is 17.1 Å². The highest BCUT2D eigenvalue weighted by Gasteiger charge is 2.34. The number of carbonyl (C=O) groups excluding carboxylic acids is 2. The van der Waals surface area contributed by atoms with E-state index in [9.17, 15) is 9.59 Å². The number of amides is 2. The number of furan rings is 1. The Balaban J connectivity index is 1.57. The number of methoxy groups -OCH3 is 1. The Hall–Kier alpha value is -3.67. The molecule has 0 aliphatic carbocycles. The molecule has 1 aromatic heterocycles. The monoisotopic (exact) mass is 374 g/mol. The van der Waals surface area contributed by atoms with Crippen molar-refractivity contribution in [2.24, 2.45) is 4.99 Å². The second-order valence-corrected chi connectivity index (χ2v) is 6.27. The summed E-state index contributed by atoms with van der Waals surface area (Å²) in [4.78, 5) is 30.2. The summed E-state index contributed by atoms with van der Waals surface area (Å²) in [6.07, 6.45) is 1.63. The quantitative estimate of drug-likeness (QED) is 0.492. The number of fused-ring (bicyclic) bond motifs is 1. The van der Waals surface area contributed by atoms with Crippen LogP contribution in [-0.2, 0) is 0 Å². The molecule has 4 rings (SSSR count). The Labute approximate surface area is 162 Å². The van der Waals surface area contributed by atoms with E-state index in [-0.39, 0.29) is 11.8 Å². The van der Waals surface area contributed by atoms with Gasteiger partial charge >= 0.3 is 0 Å². The largest absolute Gasteiger partial charge is 0.497 e. The molecule has 0 N–H and O–H groups in total. The average Bonchev–Trinajstić information content (AvgIpc) is 3.30. The van der Waals surface area contributed by atoms with Gasteiger partial charge in [-0.05, 0) is 55.5 Å². The van der Waals surface area contributed by atoms with Crippen molar-refractivity contribution in [3.05, 3.63) is 71.5 Å². The van der Waals surface area contributed by atoms with Gasteiger partial charge in [0, 0.05) is 12.1 Å². The van der Waals surface area contributed by atoms with Crippen LogP contribution >= 0.6 is 0 Å². The van der Waals surface area contributed by atoms with E-state index in [1.807, 2.05) is 30.3 Å². The van der Waals surface area contributed by atoms with Crippen LogP contribution in [0.15, 0.2) is 64.0 Å². The number of benzene rings is 2. The van der Waals surface area contributed by atoms with Crippen LogP contribution in [0.25, 0.3) is 11.3 Å². The maximum atomic E-state index is 12.4. The summed E-state index contributed by atoms with van der Waals surface area (Å²) < 4.78 is 11.0. The fourth-order valence-electron chi connectivity index (χ4n) is 3.11. The summed E-state index contributed by atoms with van der Waals surface area (Å²) in [6, 6.07) is 16.2. The van der Waals surface area contributed by atoms with Crippen LogP contribution in [0.1, 0.15) is 33.4 Å². The third-order valence-electron chi connectivity index (χ3n) is 4.61. The Morgan fingerprint density at radius 1 is 1.00 bits per heavy atom. The Morgan fingerprint density at radius 3 is 2.46 bits per heavy atom. The van der Waals surface area contributed by atoms with Gasteiger partial charge in [-0.15, -0.1) is 0 Å². The highest BCUT2D eigenvalue weighted by Crippen LogP contribution is 2.29. The molecule has 140 valence electrons. The summed E-state index contributed by atoms with van der Waals surface area (Å²) in [5.41, 5.74) is 2.36. The molecule has 2 amide bonds. The predicted octanol–water partition coefficient (Wildman–Crippen LogP) is 4.32. The van der Waals surface area contributed by atoms with Gasteiger partial charge in [-0.2, -0.15) is 0 Å². The normalized spacial score (nSPS) is 13.4. The van der Waals surface area contributed by atoms with Crippen LogP contribution in [0.2, 0.25) is 0 Å². The van der Waals surface area contributed by atoms with Gasteiger partial charge < -0.3 is 9.15 Å². The maximum absolute atomic E-state index is 12.4. The zero-order valence-corrected chi connectivity index (χ0v) is 15.5. The molecule has 0 bridgehead atoms. The van der Waals surface area contributed by atoms with Gasteiger partial charge in [0.05, 0.1) is 30.1 Å². The molecule has 0 radical (unpaired) electrons. The Bertz CT molecular complexity index is 1080. The molecule has 1 aliphatic heterocycles. The van der Waals surface area contributed by atoms with Crippen LogP contribution < -0.4 is 4.74 Å². The summed E-state index contributed by atoms with van der Waals surface area (Å²) in [7, 11) is 1.62. The molecule has 28 heavy (non-hydrogen) atoms. The fraction of sp³-hybridized carbons (Fsp3) is 0.136. The van der Waals surface area contributed by atoms with Gasteiger partial charge in [0.1, 0.15) is 17.3 Å². The molecule has 1 aliphatic rings. The SMILES string of the molecule is CCN1C(=O)c2ccc(-c3ccc(C=Nc4ccc(OC)cc4)o3)cc2C1=O. The van der Waals surface area contributed by atoms with Crippen LogP contribution in [0.3, 0.4) is 0 Å². The van der Waals surface area contributed by atoms with E-state index in [4.69, 9.17) is 9.15 Å². The Morgan fingerprint density at radius 2 is 1.75 bits per heavy atom. The van der Waals surface area contributed by atoms with Crippen molar-refractivity contribution in [2.75, 3.05) is 13.7 Å². The van der Waals surface area contributed by atoms with Gasteiger partial charge in [0.25, 0.3) is 11.8 Å². The summed E-state index contributed by atoms with van der Waals surface area (Å²) in [5.74, 6) is 1.45. The van der Waals surface area contributed by atoms with Crippen LogP contribution in [-0.4, -0.2) is 36.6 Å². The summed E-state index contributed by atoms with van der Waals surface area (Å²) >= 11 is 0. The lowest BCUT2D eigenvalue weighted by atomic mass is 10.0. The molecule has 0 saturated heterocycles. The molecule has 6 nitrogen and oxygen atoms in total. The molecule has 6 heteroatoms. The van der Waals surface area contributed by atoms with E-state index in [1.54, 1.807) is 44.5 Å².